The summed E-state index contributed by atoms with van der Waals surface area (Å²) in [5.74, 6) is 2.91. The number of hydrogen-bond acceptors (Lipinski definition) is 16. The number of halogens is 2. The van der Waals surface area contributed by atoms with Crippen molar-refractivity contribution in [2.24, 2.45) is 11.8 Å². The van der Waals surface area contributed by atoms with Crippen LogP contribution in [0.2, 0.25) is 10.6 Å². The second-order valence-corrected chi connectivity index (χ2v) is 30.0. The number of aromatic nitrogens is 6. The van der Waals surface area contributed by atoms with Crippen LogP contribution >= 0.6 is 23.2 Å². The molecule has 4 N–H and O–H groups in total. The summed E-state index contributed by atoms with van der Waals surface area (Å²) in [4.78, 5) is 46.3. The van der Waals surface area contributed by atoms with E-state index in [1.807, 2.05) is 0 Å². The van der Waals surface area contributed by atoms with E-state index >= 15 is 0 Å². The molecule has 2 aromatic rings. The lowest BCUT2D eigenvalue weighted by atomic mass is 9.68. The Bertz CT molecular complexity index is 2010. The van der Waals surface area contributed by atoms with Crippen molar-refractivity contribution in [2.75, 3.05) is 47.7 Å². The van der Waals surface area contributed by atoms with E-state index in [4.69, 9.17) is 62.8 Å². The molecule has 0 unspecified atom stereocenters. The van der Waals surface area contributed by atoms with Gasteiger partial charge < -0.3 is 40.7 Å². The van der Waals surface area contributed by atoms with Crippen LogP contribution in [0.15, 0.2) is 0 Å². The minimum Gasteiger partial charge on any atom is -0.349 e. The van der Waals surface area contributed by atoms with Crippen molar-refractivity contribution in [3.05, 3.63) is 10.6 Å². The Morgan fingerprint density at radius 2 is 0.757 bits per heavy atom. The van der Waals surface area contributed by atoms with Crippen LogP contribution < -0.4 is 31.1 Å². The molecule has 0 bridgehead atoms. The van der Waals surface area contributed by atoms with Gasteiger partial charge in [-0.25, -0.2) is 0 Å². The summed E-state index contributed by atoms with van der Waals surface area (Å²) in [7, 11) is 3.56. The molecule has 4 aliphatic rings. The highest BCUT2D eigenvalue weighted by Crippen LogP contribution is 2.48. The Kier molecular flexibility index (Phi) is 17.8. The monoisotopic (exact) mass is 1070 g/mol. The fraction of sp³-hybridized carbons (Fsp3) is 0.893. The molecule has 0 amide bonds. The van der Waals surface area contributed by atoms with Gasteiger partial charge in [-0.3, -0.25) is 0 Å². The highest BCUT2D eigenvalue weighted by molar-refractivity contribution is 6.28. The molecule has 0 saturated carbocycles. The zero-order valence-electron chi connectivity index (χ0n) is 50.3. The molecule has 6 rings (SSSR count). The van der Waals surface area contributed by atoms with Gasteiger partial charge in [0.2, 0.25) is 34.4 Å². The second kappa shape index (κ2) is 21.7. The summed E-state index contributed by atoms with van der Waals surface area (Å²) < 4.78 is 0. The lowest BCUT2D eigenvalue weighted by Gasteiger charge is -2.56. The Morgan fingerprint density at radius 1 is 0.473 bits per heavy atom. The summed E-state index contributed by atoms with van der Waals surface area (Å²) in [6.45, 7) is 47.2. The van der Waals surface area contributed by atoms with Crippen molar-refractivity contribution in [1.29, 1.82) is 0 Å². The van der Waals surface area contributed by atoms with E-state index < -0.39 is 0 Å². The molecule has 422 valence electrons. The fourth-order valence-electron chi connectivity index (χ4n) is 15.2. The number of piperidine rings is 4. The van der Waals surface area contributed by atoms with E-state index in [2.05, 4.69) is 180 Å². The maximum Gasteiger partial charge on any atom is 0.231 e. The second-order valence-electron chi connectivity index (χ2n) is 29.3. The quantitative estimate of drug-likeness (QED) is 0.0985. The van der Waals surface area contributed by atoms with E-state index in [9.17, 15) is 0 Å². The molecule has 0 radical (unpaired) electrons. The first-order valence-corrected chi connectivity index (χ1v) is 28.7. The number of nitrogens with zero attached hydrogens (tertiary/aromatic N) is 10. The molecular weight excluding hydrogens is 972 g/mol. The van der Waals surface area contributed by atoms with Crippen LogP contribution in [0, 0.1) is 11.8 Å². The fourth-order valence-corrected chi connectivity index (χ4v) is 15.5. The van der Waals surface area contributed by atoms with Crippen LogP contribution in [0.5, 0.6) is 0 Å². The van der Waals surface area contributed by atoms with Crippen molar-refractivity contribution in [3.63, 3.8) is 0 Å². The Hall–Kier alpha value is -2.44. The van der Waals surface area contributed by atoms with Crippen molar-refractivity contribution < 1.29 is 9.68 Å². The third-order valence-electron chi connectivity index (χ3n) is 16.9. The van der Waals surface area contributed by atoms with Crippen LogP contribution in [0.4, 0.5) is 23.8 Å². The molecule has 4 fully saturated rings. The van der Waals surface area contributed by atoms with Crippen LogP contribution in [0.1, 0.15) is 216 Å². The molecule has 74 heavy (non-hydrogen) atoms. The lowest BCUT2D eigenvalue weighted by Crippen LogP contribution is -2.63. The van der Waals surface area contributed by atoms with E-state index in [1.54, 1.807) is 14.2 Å². The van der Waals surface area contributed by atoms with Gasteiger partial charge in [-0.1, -0.05) is 12.8 Å². The Morgan fingerprint density at radius 3 is 1.03 bits per heavy atom. The minimum absolute atomic E-state index is 0.0821. The molecule has 6 heterocycles. The molecule has 0 aromatic carbocycles. The summed E-state index contributed by atoms with van der Waals surface area (Å²) in [6, 6.07) is 0.389. The molecule has 0 atom stereocenters. The predicted molar refractivity (Wildman–Crippen MR) is 306 cm³/mol. The molecule has 0 spiro atoms. The summed E-state index contributed by atoms with van der Waals surface area (Å²) in [6.07, 6.45) is 11.5. The number of anilines is 4. The number of unbranched alkanes of at least 4 members (excludes halogenated alkanes) is 3. The summed E-state index contributed by atoms with van der Waals surface area (Å²) in [5.41, 5.74) is -1.66. The molecule has 16 nitrogen and oxygen atoms in total. The topological polar surface area (TPSA) is 157 Å². The Labute approximate surface area is 458 Å². The Balaban J connectivity index is 1.21. The first-order valence-electron chi connectivity index (χ1n) is 27.9. The average molecular weight is 1070 g/mol. The molecule has 2 aromatic heterocycles. The number of nitrogens with one attached hydrogen (secondary N) is 4. The van der Waals surface area contributed by atoms with Gasteiger partial charge in [-0.05, 0) is 238 Å². The maximum absolute atomic E-state index is 6.88. The van der Waals surface area contributed by atoms with E-state index in [-0.39, 0.29) is 78.0 Å². The molecule has 0 aliphatic carbocycles. The van der Waals surface area contributed by atoms with E-state index in [0.29, 0.717) is 35.6 Å². The van der Waals surface area contributed by atoms with E-state index in [0.717, 1.165) is 90.1 Å². The highest BCUT2D eigenvalue weighted by Gasteiger charge is 2.52. The van der Waals surface area contributed by atoms with Gasteiger partial charge in [-0.15, -0.1) is 0 Å². The third-order valence-corrected chi connectivity index (χ3v) is 17.3. The van der Waals surface area contributed by atoms with Crippen LogP contribution in [-0.4, -0.2) is 135 Å². The van der Waals surface area contributed by atoms with Gasteiger partial charge in [0.15, 0.2) is 0 Å². The average Bonchev–Trinajstić information content (AvgIpc) is 3.17. The predicted octanol–water partition coefficient (Wildman–Crippen LogP) is 11.9. The zero-order chi connectivity index (χ0) is 55.5. The third kappa shape index (κ3) is 14.8. The van der Waals surface area contributed by atoms with Gasteiger partial charge in [0.25, 0.3) is 0 Å². The standard InChI is InChI=1S/C56H102Cl2N14O2/c1-47(2)33-39(34-48(3,4)67-47)69(45-61-41(57)59-43(63-45)65-55(17,18)37-29-51(9,10)71(73-21)52(11,12)30-37)27-25-23-24-26-28-70(40-35-49(5,6)68-50(7,8)36-40)46-62-42(58)60-44(64-46)66-56(19,20)38-31-53(13,14)72(74-22)54(15,16)32-38/h37-40,67-68H,23-36H2,1-22H3,(H,59,61,63,65)(H,60,62,64,66). The number of hydroxylamine groups is 4. The zero-order valence-corrected chi connectivity index (χ0v) is 51.8. The van der Waals surface area contributed by atoms with Gasteiger partial charge in [0.05, 0.1) is 14.2 Å². The SMILES string of the molecule is CON1C(C)(C)CC(C(C)(C)Nc2nc(Cl)nc(N(CCCCCCN(c3nc(Cl)nc(NC(C)(C)C4CC(C)(C)N(OC)C(C)(C)C4)n3)C3CC(C)(C)NC(C)(C)C3)C3CC(C)(C)NC(C)(C)C3)n2)CC1(C)C. The molecular formula is C56H102Cl2N14O2. The molecule has 4 saturated heterocycles. The number of hydrogen-bond donors (Lipinski definition) is 4. The van der Waals surface area contributed by atoms with Crippen LogP contribution in [-0.2, 0) is 9.68 Å². The van der Waals surface area contributed by atoms with Crippen molar-refractivity contribution in [2.45, 2.75) is 283 Å². The van der Waals surface area contributed by atoms with Gasteiger partial charge in [0, 0.05) is 80.6 Å². The van der Waals surface area contributed by atoms with Crippen molar-refractivity contribution in [3.8, 4) is 0 Å². The first-order chi connectivity index (χ1) is 33.7. The number of rotatable bonds is 19. The van der Waals surface area contributed by atoms with Crippen molar-refractivity contribution >= 4 is 47.0 Å². The van der Waals surface area contributed by atoms with Crippen LogP contribution in [0.25, 0.3) is 0 Å². The first kappa shape index (κ1) is 60.8. The van der Waals surface area contributed by atoms with Crippen molar-refractivity contribution in [1.82, 2.24) is 50.7 Å². The van der Waals surface area contributed by atoms with E-state index in [1.165, 1.54) is 0 Å². The van der Waals surface area contributed by atoms with Gasteiger partial charge >= 0.3 is 0 Å². The molecule has 4 aliphatic heterocycles. The summed E-state index contributed by atoms with van der Waals surface area (Å²) >= 11 is 13.8. The smallest absolute Gasteiger partial charge is 0.231 e. The highest BCUT2D eigenvalue weighted by atomic mass is 35.5. The van der Waals surface area contributed by atoms with Crippen LogP contribution in [0.3, 0.4) is 0 Å². The summed E-state index contributed by atoms with van der Waals surface area (Å²) in [5, 5.41) is 20.0. The molecule has 18 heteroatoms. The maximum atomic E-state index is 6.88. The largest absolute Gasteiger partial charge is 0.349 e. The van der Waals surface area contributed by atoms with Gasteiger partial charge in [0.1, 0.15) is 0 Å². The van der Waals surface area contributed by atoms with Gasteiger partial charge in [-0.2, -0.15) is 40.0 Å². The lowest BCUT2D eigenvalue weighted by molar-refractivity contribution is -0.274. The minimum atomic E-state index is -0.341. The normalized spacial score (nSPS) is 24.4.